The van der Waals surface area contributed by atoms with Gasteiger partial charge in [-0.05, 0) is 66.1 Å². The van der Waals surface area contributed by atoms with Crippen molar-refractivity contribution in [2.75, 3.05) is 4.72 Å². The van der Waals surface area contributed by atoms with E-state index in [2.05, 4.69) is 4.72 Å². The highest BCUT2D eigenvalue weighted by atomic mass is 32.2. The summed E-state index contributed by atoms with van der Waals surface area (Å²) in [7, 11) is -3.88. The van der Waals surface area contributed by atoms with Crippen LogP contribution in [0, 0.1) is 11.3 Å². The van der Waals surface area contributed by atoms with Crippen LogP contribution in [0.5, 0.6) is 0 Å². The van der Waals surface area contributed by atoms with Crippen LogP contribution >= 0.6 is 0 Å². The number of benzene rings is 3. The average Bonchev–Trinajstić information content (AvgIpc) is 2.79. The van der Waals surface area contributed by atoms with E-state index in [1.165, 1.54) is 48.5 Å². The highest BCUT2D eigenvalue weighted by Crippen LogP contribution is 2.34. The molecule has 0 unspecified atom stereocenters. The zero-order valence-electron chi connectivity index (χ0n) is 17.3. The minimum atomic E-state index is -4.72. The smallest absolute Gasteiger partial charge is 0.417 e. The van der Waals surface area contributed by atoms with E-state index in [9.17, 15) is 26.4 Å². The van der Waals surface area contributed by atoms with Crippen LogP contribution in [0.15, 0.2) is 86.9 Å². The van der Waals surface area contributed by atoms with Crippen molar-refractivity contribution in [3.8, 4) is 6.07 Å². The quantitative estimate of drug-likeness (QED) is 0.399. The Kier molecular flexibility index (Phi) is 5.89. The van der Waals surface area contributed by atoms with E-state index in [1.54, 1.807) is 18.2 Å². The predicted molar refractivity (Wildman–Crippen MR) is 119 cm³/mol. The Hall–Kier alpha value is -4.10. The van der Waals surface area contributed by atoms with Gasteiger partial charge in [0, 0.05) is 17.1 Å². The van der Waals surface area contributed by atoms with Gasteiger partial charge in [0.05, 0.1) is 22.1 Å². The van der Waals surface area contributed by atoms with Gasteiger partial charge >= 0.3 is 11.8 Å². The number of fused-ring (bicyclic) bond motifs is 1. The van der Waals surface area contributed by atoms with Crippen molar-refractivity contribution in [2.24, 2.45) is 0 Å². The molecule has 10 heteroatoms. The van der Waals surface area contributed by atoms with Crippen molar-refractivity contribution >= 4 is 26.7 Å². The van der Waals surface area contributed by atoms with E-state index >= 15 is 0 Å². The van der Waals surface area contributed by atoms with Crippen LogP contribution in [0.2, 0.25) is 0 Å². The molecule has 172 valence electrons. The second-order valence-corrected chi connectivity index (χ2v) is 9.11. The lowest BCUT2D eigenvalue weighted by atomic mass is 10.0. The van der Waals surface area contributed by atoms with Crippen LogP contribution < -0.4 is 10.3 Å². The Morgan fingerprint density at radius 3 is 2.18 bits per heavy atom. The summed E-state index contributed by atoms with van der Waals surface area (Å²) in [5, 5.41) is 8.60. The molecule has 4 rings (SSSR count). The Labute approximate surface area is 191 Å². The summed E-state index contributed by atoms with van der Waals surface area (Å²) in [6.45, 7) is 0. The van der Waals surface area contributed by atoms with Crippen LogP contribution in [-0.4, -0.2) is 8.42 Å². The first-order chi connectivity index (χ1) is 16.0. The number of hydrogen-bond acceptors (Lipinski definition) is 5. The van der Waals surface area contributed by atoms with Gasteiger partial charge in [0.25, 0.3) is 10.0 Å². The summed E-state index contributed by atoms with van der Waals surface area (Å²) in [5.74, 6) is 0. The van der Waals surface area contributed by atoms with Gasteiger partial charge in [0.15, 0.2) is 0 Å². The molecule has 0 saturated heterocycles. The van der Waals surface area contributed by atoms with E-state index in [0.717, 1.165) is 0 Å². The number of rotatable bonds is 5. The normalized spacial score (nSPS) is 11.8. The third-order valence-electron chi connectivity index (χ3n) is 5.02. The molecule has 0 aliphatic rings. The monoisotopic (exact) mass is 484 g/mol. The van der Waals surface area contributed by atoms with Crippen LogP contribution in [0.25, 0.3) is 11.0 Å². The molecule has 0 radical (unpaired) electrons. The highest BCUT2D eigenvalue weighted by molar-refractivity contribution is 7.92. The molecule has 4 aromatic rings. The van der Waals surface area contributed by atoms with E-state index < -0.39 is 27.4 Å². The summed E-state index contributed by atoms with van der Waals surface area (Å²) in [6.07, 6.45) is -4.49. The Morgan fingerprint density at radius 1 is 0.912 bits per heavy atom. The minimum absolute atomic E-state index is 0.000235. The molecule has 0 aliphatic heterocycles. The fraction of sp³-hybridized carbons (Fsp3) is 0.0833. The summed E-state index contributed by atoms with van der Waals surface area (Å²) in [5.41, 5.74) is -0.438. The molecule has 0 bridgehead atoms. The summed E-state index contributed by atoms with van der Waals surface area (Å²) in [6, 6.07) is 18.4. The zero-order chi connectivity index (χ0) is 24.5. The molecule has 6 nitrogen and oxygen atoms in total. The standard InChI is InChI=1S/C24H15F3N2O4S/c25-24(26,27)21-13-23(30)33-22-10-5-17(12-20(21)22)11-15-3-8-19(9-4-15)34(31,32)29-18-6-1-16(14-28)2-7-18/h1-10,12-13,29H,11H2. The van der Waals surface area contributed by atoms with Crippen LogP contribution in [0.1, 0.15) is 22.3 Å². The molecule has 1 N–H and O–H groups in total. The van der Waals surface area contributed by atoms with Crippen molar-refractivity contribution in [2.45, 2.75) is 17.5 Å². The van der Waals surface area contributed by atoms with Crippen LogP contribution in [-0.2, 0) is 22.6 Å². The summed E-state index contributed by atoms with van der Waals surface area (Å²) >= 11 is 0. The van der Waals surface area contributed by atoms with Crippen molar-refractivity contribution in [3.05, 3.63) is 105 Å². The molecular formula is C24H15F3N2O4S. The zero-order valence-corrected chi connectivity index (χ0v) is 18.1. The maximum atomic E-state index is 13.3. The summed E-state index contributed by atoms with van der Waals surface area (Å²) < 4.78 is 72.6. The maximum absolute atomic E-state index is 13.3. The second-order valence-electron chi connectivity index (χ2n) is 7.42. The molecular weight excluding hydrogens is 469 g/mol. The average molecular weight is 484 g/mol. The third kappa shape index (κ3) is 4.94. The number of hydrogen-bond donors (Lipinski definition) is 1. The van der Waals surface area contributed by atoms with Gasteiger partial charge in [-0.2, -0.15) is 18.4 Å². The van der Waals surface area contributed by atoms with E-state index in [4.69, 9.17) is 9.68 Å². The number of halogens is 3. The molecule has 0 spiro atoms. The molecule has 0 atom stereocenters. The second kappa shape index (κ2) is 8.68. The van der Waals surface area contributed by atoms with Crippen molar-refractivity contribution < 1.29 is 26.0 Å². The van der Waals surface area contributed by atoms with Gasteiger partial charge in [-0.15, -0.1) is 0 Å². The third-order valence-corrected chi connectivity index (χ3v) is 6.42. The van der Waals surface area contributed by atoms with Crippen molar-refractivity contribution in [1.29, 1.82) is 5.26 Å². The van der Waals surface area contributed by atoms with E-state index in [-0.39, 0.29) is 22.3 Å². The van der Waals surface area contributed by atoms with Gasteiger partial charge in [0.2, 0.25) is 0 Å². The van der Waals surface area contributed by atoms with Crippen LogP contribution in [0.4, 0.5) is 18.9 Å². The lowest BCUT2D eigenvalue weighted by molar-refractivity contribution is -0.136. The number of nitrogens with one attached hydrogen (secondary N) is 1. The molecule has 1 heterocycles. The number of nitrogens with zero attached hydrogens (tertiary/aromatic N) is 1. The number of nitriles is 1. The predicted octanol–water partition coefficient (Wildman–Crippen LogP) is 5.08. The van der Waals surface area contributed by atoms with Crippen molar-refractivity contribution in [3.63, 3.8) is 0 Å². The molecule has 0 saturated carbocycles. The molecule has 34 heavy (non-hydrogen) atoms. The van der Waals surface area contributed by atoms with E-state index in [0.29, 0.717) is 28.4 Å². The van der Waals surface area contributed by atoms with E-state index in [1.807, 2.05) is 6.07 Å². The summed E-state index contributed by atoms with van der Waals surface area (Å²) in [4.78, 5) is 11.5. The topological polar surface area (TPSA) is 100 Å². The van der Waals surface area contributed by atoms with Gasteiger partial charge in [-0.3, -0.25) is 4.72 Å². The van der Waals surface area contributed by atoms with Gasteiger partial charge < -0.3 is 4.42 Å². The fourth-order valence-electron chi connectivity index (χ4n) is 3.40. The highest BCUT2D eigenvalue weighted by Gasteiger charge is 2.33. The maximum Gasteiger partial charge on any atom is 0.417 e. The Balaban J connectivity index is 1.57. The fourth-order valence-corrected chi connectivity index (χ4v) is 4.46. The van der Waals surface area contributed by atoms with Crippen molar-refractivity contribution in [1.82, 2.24) is 0 Å². The van der Waals surface area contributed by atoms with Gasteiger partial charge in [-0.1, -0.05) is 18.2 Å². The Morgan fingerprint density at radius 2 is 1.56 bits per heavy atom. The molecule has 0 aliphatic carbocycles. The van der Waals surface area contributed by atoms with Gasteiger partial charge in [0.1, 0.15) is 5.58 Å². The minimum Gasteiger partial charge on any atom is -0.423 e. The first-order valence-corrected chi connectivity index (χ1v) is 11.3. The van der Waals surface area contributed by atoms with Crippen LogP contribution in [0.3, 0.4) is 0 Å². The van der Waals surface area contributed by atoms with Gasteiger partial charge in [-0.25, -0.2) is 13.2 Å². The lowest BCUT2D eigenvalue weighted by Gasteiger charge is -2.11. The first-order valence-electron chi connectivity index (χ1n) is 9.81. The largest absolute Gasteiger partial charge is 0.423 e. The first kappa shape index (κ1) is 23.1. The number of sulfonamides is 1. The molecule has 0 amide bonds. The number of alkyl halides is 3. The molecule has 3 aromatic carbocycles. The number of anilines is 1. The molecule has 0 fully saturated rings. The SMILES string of the molecule is N#Cc1ccc(NS(=O)(=O)c2ccc(Cc3ccc4oc(=O)cc(C(F)(F)F)c4c3)cc2)cc1. The molecule has 1 aromatic heterocycles. The Bertz CT molecular complexity index is 1570. The lowest BCUT2D eigenvalue weighted by Crippen LogP contribution is -2.13.